The first kappa shape index (κ1) is 14.4. The fraction of sp³-hybridized carbons (Fsp3) is 0.500. The summed E-state index contributed by atoms with van der Waals surface area (Å²) in [6.45, 7) is 0.929. The van der Waals surface area contributed by atoms with Gasteiger partial charge in [-0.3, -0.25) is 0 Å². The van der Waals surface area contributed by atoms with E-state index in [1.54, 1.807) is 12.1 Å². The van der Waals surface area contributed by atoms with Crippen LogP contribution in [-0.4, -0.2) is 33.2 Å². The molecule has 0 aliphatic heterocycles. The van der Waals surface area contributed by atoms with Gasteiger partial charge in [-0.25, -0.2) is 8.42 Å². The van der Waals surface area contributed by atoms with Gasteiger partial charge < -0.3 is 5.32 Å². The summed E-state index contributed by atoms with van der Waals surface area (Å²) < 4.78 is 22.5. The SMILES string of the molecule is CSCCCCNc1ccc(S(C)(=O)=O)cc1. The molecule has 0 aliphatic rings. The minimum Gasteiger partial charge on any atom is -0.385 e. The number of sulfone groups is 1. The number of unbranched alkanes of at least 4 members (excludes halogenated alkanes) is 1. The van der Waals surface area contributed by atoms with Gasteiger partial charge in [-0.2, -0.15) is 11.8 Å². The van der Waals surface area contributed by atoms with Gasteiger partial charge in [0, 0.05) is 18.5 Å². The van der Waals surface area contributed by atoms with E-state index >= 15 is 0 Å². The van der Waals surface area contributed by atoms with E-state index in [0.717, 1.165) is 18.7 Å². The molecule has 0 heterocycles. The highest BCUT2D eigenvalue weighted by molar-refractivity contribution is 7.98. The summed E-state index contributed by atoms with van der Waals surface area (Å²) in [6.07, 6.45) is 5.67. The number of rotatable bonds is 7. The Labute approximate surface area is 108 Å². The summed E-state index contributed by atoms with van der Waals surface area (Å²) in [5, 5.41) is 3.28. The molecule has 3 nitrogen and oxygen atoms in total. The molecule has 0 amide bonds. The van der Waals surface area contributed by atoms with Crippen molar-refractivity contribution in [3.05, 3.63) is 24.3 Å². The molecule has 1 aromatic rings. The van der Waals surface area contributed by atoms with Crippen LogP contribution in [0.3, 0.4) is 0 Å². The Bertz CT molecular complexity index is 426. The van der Waals surface area contributed by atoms with Crippen molar-refractivity contribution in [1.29, 1.82) is 0 Å². The second kappa shape index (κ2) is 6.91. The van der Waals surface area contributed by atoms with Gasteiger partial charge >= 0.3 is 0 Å². The van der Waals surface area contributed by atoms with Crippen molar-refractivity contribution >= 4 is 27.3 Å². The van der Waals surface area contributed by atoms with Crippen molar-refractivity contribution < 1.29 is 8.42 Å². The van der Waals surface area contributed by atoms with Crippen LogP contribution in [-0.2, 0) is 9.84 Å². The standard InChI is InChI=1S/C12H19NO2S2/c1-16-10-4-3-9-13-11-5-7-12(8-6-11)17(2,14)15/h5-8,13H,3-4,9-10H2,1-2H3. The summed E-state index contributed by atoms with van der Waals surface area (Å²) in [5.41, 5.74) is 0.974. The van der Waals surface area contributed by atoms with Gasteiger partial charge in [0.2, 0.25) is 0 Å². The topological polar surface area (TPSA) is 46.2 Å². The molecule has 0 aliphatic carbocycles. The highest BCUT2D eigenvalue weighted by Gasteiger charge is 2.05. The second-order valence-electron chi connectivity index (χ2n) is 3.92. The number of hydrogen-bond donors (Lipinski definition) is 1. The Morgan fingerprint density at radius 1 is 1.18 bits per heavy atom. The molecule has 0 bridgehead atoms. The van der Waals surface area contributed by atoms with Gasteiger partial charge in [0.05, 0.1) is 4.90 Å². The molecule has 0 saturated carbocycles. The summed E-state index contributed by atoms with van der Waals surface area (Å²) in [5.74, 6) is 1.19. The minimum absolute atomic E-state index is 0.366. The van der Waals surface area contributed by atoms with Gasteiger partial charge in [0.15, 0.2) is 9.84 Å². The normalized spacial score (nSPS) is 11.4. The lowest BCUT2D eigenvalue weighted by molar-refractivity contribution is 0.602. The second-order valence-corrected chi connectivity index (χ2v) is 6.92. The van der Waals surface area contributed by atoms with Crippen molar-refractivity contribution in [2.24, 2.45) is 0 Å². The summed E-state index contributed by atoms with van der Waals surface area (Å²) in [7, 11) is -3.08. The largest absolute Gasteiger partial charge is 0.385 e. The number of thioether (sulfide) groups is 1. The van der Waals surface area contributed by atoms with E-state index in [4.69, 9.17) is 0 Å². The summed E-state index contributed by atoms with van der Waals surface area (Å²) >= 11 is 1.86. The van der Waals surface area contributed by atoms with Crippen LogP contribution < -0.4 is 5.32 Å². The molecule has 0 aromatic heterocycles. The van der Waals surface area contributed by atoms with Gasteiger partial charge in [-0.05, 0) is 49.1 Å². The van der Waals surface area contributed by atoms with E-state index in [0.29, 0.717) is 4.90 Å². The van der Waals surface area contributed by atoms with Crippen molar-refractivity contribution in [2.75, 3.05) is 30.1 Å². The third-order valence-corrected chi connectivity index (χ3v) is 4.21. The zero-order valence-electron chi connectivity index (χ0n) is 10.3. The molecule has 0 atom stereocenters. The minimum atomic E-state index is -3.08. The van der Waals surface area contributed by atoms with Crippen molar-refractivity contribution in [3.8, 4) is 0 Å². The lowest BCUT2D eigenvalue weighted by Gasteiger charge is -2.06. The van der Waals surface area contributed by atoms with E-state index in [1.165, 1.54) is 18.4 Å². The average Bonchev–Trinajstić information content (AvgIpc) is 2.28. The number of benzene rings is 1. The molecule has 1 rings (SSSR count). The quantitative estimate of drug-likeness (QED) is 0.776. The fourth-order valence-electron chi connectivity index (χ4n) is 1.42. The highest BCUT2D eigenvalue weighted by Crippen LogP contribution is 2.13. The molecular formula is C12H19NO2S2. The van der Waals surface area contributed by atoms with Crippen LogP contribution in [0.2, 0.25) is 0 Å². The molecule has 0 saturated heterocycles. The third kappa shape index (κ3) is 5.46. The number of nitrogens with one attached hydrogen (secondary N) is 1. The van der Waals surface area contributed by atoms with Gasteiger partial charge in [0.1, 0.15) is 0 Å². The van der Waals surface area contributed by atoms with Crippen molar-refractivity contribution in [1.82, 2.24) is 0 Å². The molecule has 0 radical (unpaired) electrons. The Kier molecular flexibility index (Phi) is 5.85. The zero-order chi connectivity index (χ0) is 12.7. The monoisotopic (exact) mass is 273 g/mol. The van der Waals surface area contributed by atoms with Crippen LogP contribution in [0.25, 0.3) is 0 Å². The maximum atomic E-state index is 11.3. The Morgan fingerprint density at radius 2 is 1.82 bits per heavy atom. The van der Waals surface area contributed by atoms with E-state index in [-0.39, 0.29) is 0 Å². The van der Waals surface area contributed by atoms with Crippen molar-refractivity contribution in [3.63, 3.8) is 0 Å². The predicted octanol–water partition coefficient (Wildman–Crippen LogP) is 2.65. The Balaban J connectivity index is 2.41. The van der Waals surface area contributed by atoms with Crippen LogP contribution >= 0.6 is 11.8 Å². The summed E-state index contributed by atoms with van der Waals surface area (Å²) in [6, 6.07) is 6.90. The first-order valence-corrected chi connectivity index (χ1v) is 8.85. The lowest BCUT2D eigenvalue weighted by Crippen LogP contribution is -2.02. The molecular weight excluding hydrogens is 254 g/mol. The molecule has 0 unspecified atom stereocenters. The van der Waals surface area contributed by atoms with Crippen LogP contribution in [0, 0.1) is 0 Å². The molecule has 96 valence electrons. The average molecular weight is 273 g/mol. The molecule has 17 heavy (non-hydrogen) atoms. The van der Waals surface area contributed by atoms with Gasteiger partial charge in [-0.15, -0.1) is 0 Å². The van der Waals surface area contributed by atoms with Crippen LogP contribution in [0.4, 0.5) is 5.69 Å². The number of hydrogen-bond acceptors (Lipinski definition) is 4. The Hall–Kier alpha value is -0.680. The number of anilines is 1. The van der Waals surface area contributed by atoms with E-state index in [9.17, 15) is 8.42 Å². The smallest absolute Gasteiger partial charge is 0.175 e. The van der Waals surface area contributed by atoms with E-state index < -0.39 is 9.84 Å². The predicted molar refractivity (Wildman–Crippen MR) is 75.7 cm³/mol. The van der Waals surface area contributed by atoms with Crippen LogP contribution in [0.1, 0.15) is 12.8 Å². The third-order valence-electron chi connectivity index (χ3n) is 2.39. The molecule has 5 heteroatoms. The van der Waals surface area contributed by atoms with Crippen molar-refractivity contribution in [2.45, 2.75) is 17.7 Å². The van der Waals surface area contributed by atoms with E-state index in [2.05, 4.69) is 11.6 Å². The first-order chi connectivity index (χ1) is 8.04. The maximum absolute atomic E-state index is 11.3. The zero-order valence-corrected chi connectivity index (χ0v) is 11.9. The molecule has 0 spiro atoms. The van der Waals surface area contributed by atoms with E-state index in [1.807, 2.05) is 23.9 Å². The van der Waals surface area contributed by atoms with Crippen LogP contribution in [0.5, 0.6) is 0 Å². The Morgan fingerprint density at radius 3 is 2.35 bits per heavy atom. The molecule has 0 fully saturated rings. The van der Waals surface area contributed by atoms with Crippen LogP contribution in [0.15, 0.2) is 29.2 Å². The highest BCUT2D eigenvalue weighted by atomic mass is 32.2. The summed E-state index contributed by atoms with van der Waals surface area (Å²) in [4.78, 5) is 0.366. The lowest BCUT2D eigenvalue weighted by atomic mass is 10.3. The molecule has 1 aromatic carbocycles. The molecule has 1 N–H and O–H groups in total. The first-order valence-electron chi connectivity index (χ1n) is 5.57. The van der Waals surface area contributed by atoms with Gasteiger partial charge in [-0.1, -0.05) is 0 Å². The maximum Gasteiger partial charge on any atom is 0.175 e. The van der Waals surface area contributed by atoms with Gasteiger partial charge in [0.25, 0.3) is 0 Å². The fourth-order valence-corrected chi connectivity index (χ4v) is 2.55.